The van der Waals surface area contributed by atoms with Crippen molar-refractivity contribution in [2.75, 3.05) is 18.4 Å². The summed E-state index contributed by atoms with van der Waals surface area (Å²) in [5, 5.41) is 10.2. The largest absolute Gasteiger partial charge is 0.586 e. The van der Waals surface area contributed by atoms with Crippen molar-refractivity contribution in [3.8, 4) is 11.5 Å². The molecule has 0 bridgehead atoms. The number of nitrogens with one attached hydrogen (secondary N) is 2. The van der Waals surface area contributed by atoms with Crippen molar-refractivity contribution in [3.63, 3.8) is 0 Å². The molecule has 0 atom stereocenters. The molecule has 0 saturated carbocycles. The van der Waals surface area contributed by atoms with Crippen molar-refractivity contribution < 1.29 is 23.0 Å². The summed E-state index contributed by atoms with van der Waals surface area (Å²) in [4.78, 5) is 13.0. The highest BCUT2D eigenvalue weighted by Crippen LogP contribution is 2.42. The van der Waals surface area contributed by atoms with E-state index in [-0.39, 0.29) is 29.8 Å². The highest BCUT2D eigenvalue weighted by molar-refractivity contribution is 5.97. The lowest BCUT2D eigenvalue weighted by Crippen LogP contribution is -2.52. The second-order valence-electron chi connectivity index (χ2n) is 6.02. The van der Waals surface area contributed by atoms with Crippen LogP contribution in [0.4, 0.5) is 14.5 Å². The van der Waals surface area contributed by atoms with Gasteiger partial charge in [-0.05, 0) is 44.1 Å². The third kappa shape index (κ3) is 3.19. The van der Waals surface area contributed by atoms with Crippen LogP contribution in [-0.4, -0.2) is 35.1 Å². The molecule has 2 aliphatic rings. The maximum Gasteiger partial charge on any atom is 0.586 e. The van der Waals surface area contributed by atoms with E-state index in [9.17, 15) is 13.6 Å². The fourth-order valence-corrected chi connectivity index (χ4v) is 3.20. The lowest BCUT2D eigenvalue weighted by molar-refractivity contribution is -0.286. The number of amides is 1. The summed E-state index contributed by atoms with van der Waals surface area (Å²) in [7, 11) is 0. The molecular weight excluding hydrogens is 370 g/mol. The van der Waals surface area contributed by atoms with Crippen molar-refractivity contribution in [3.05, 3.63) is 36.7 Å². The van der Waals surface area contributed by atoms with Crippen molar-refractivity contribution in [1.82, 2.24) is 15.1 Å². The van der Waals surface area contributed by atoms with Gasteiger partial charge in [0.15, 0.2) is 11.5 Å². The molecule has 2 aliphatic heterocycles. The molecule has 1 amide bonds. The van der Waals surface area contributed by atoms with Gasteiger partial charge in [-0.3, -0.25) is 9.48 Å². The van der Waals surface area contributed by atoms with Gasteiger partial charge >= 0.3 is 6.29 Å². The molecular formula is C16H17ClF2N4O3. The zero-order valence-electron chi connectivity index (χ0n) is 13.6. The lowest BCUT2D eigenvalue weighted by Gasteiger charge is -2.36. The monoisotopic (exact) mass is 386 g/mol. The molecule has 26 heavy (non-hydrogen) atoms. The zero-order valence-corrected chi connectivity index (χ0v) is 14.4. The Kier molecular flexibility index (Phi) is 4.76. The van der Waals surface area contributed by atoms with Crippen LogP contribution in [0.25, 0.3) is 0 Å². The van der Waals surface area contributed by atoms with Gasteiger partial charge in [-0.1, -0.05) is 0 Å². The highest BCUT2D eigenvalue weighted by atomic mass is 35.5. The number of hydrogen-bond acceptors (Lipinski definition) is 5. The molecule has 0 spiro atoms. The summed E-state index contributed by atoms with van der Waals surface area (Å²) in [6, 6.07) is 5.93. The first kappa shape index (κ1) is 18.4. The van der Waals surface area contributed by atoms with Gasteiger partial charge < -0.3 is 20.1 Å². The maximum absolute atomic E-state index is 13.1. The number of hydrogen-bond donors (Lipinski definition) is 2. The fraction of sp³-hybridized carbons (Fsp3) is 0.375. The number of fused-ring (bicyclic) bond motifs is 1. The van der Waals surface area contributed by atoms with Gasteiger partial charge in [-0.15, -0.1) is 21.2 Å². The number of halogens is 3. The van der Waals surface area contributed by atoms with Gasteiger partial charge in [0.2, 0.25) is 0 Å². The number of aromatic nitrogens is 2. The Bertz CT molecular complexity index is 795. The van der Waals surface area contributed by atoms with Crippen LogP contribution in [0, 0.1) is 0 Å². The molecule has 1 aromatic heterocycles. The third-order valence-corrected chi connectivity index (χ3v) is 4.46. The molecule has 0 aliphatic carbocycles. The third-order valence-electron chi connectivity index (χ3n) is 4.46. The average molecular weight is 387 g/mol. The Morgan fingerprint density at radius 1 is 1.23 bits per heavy atom. The molecule has 1 fully saturated rings. The zero-order chi connectivity index (χ0) is 17.5. The second-order valence-corrected chi connectivity index (χ2v) is 6.02. The number of anilines is 1. The van der Waals surface area contributed by atoms with E-state index in [1.54, 1.807) is 23.1 Å². The van der Waals surface area contributed by atoms with Crippen LogP contribution in [0.2, 0.25) is 0 Å². The van der Waals surface area contributed by atoms with Crippen LogP contribution in [0.5, 0.6) is 11.5 Å². The van der Waals surface area contributed by atoms with E-state index in [0.717, 1.165) is 0 Å². The van der Waals surface area contributed by atoms with Crippen molar-refractivity contribution in [2.45, 2.75) is 24.7 Å². The van der Waals surface area contributed by atoms with E-state index in [1.165, 1.54) is 18.2 Å². The van der Waals surface area contributed by atoms with Crippen LogP contribution < -0.4 is 20.1 Å². The molecule has 140 valence electrons. The molecule has 0 unspecified atom stereocenters. The minimum Gasteiger partial charge on any atom is -0.395 e. The number of rotatable bonds is 3. The minimum atomic E-state index is -3.68. The van der Waals surface area contributed by atoms with Crippen LogP contribution in [0.3, 0.4) is 0 Å². The van der Waals surface area contributed by atoms with Gasteiger partial charge in [-0.2, -0.15) is 5.10 Å². The maximum atomic E-state index is 13.1. The number of nitrogens with zero attached hydrogens (tertiary/aromatic N) is 2. The summed E-state index contributed by atoms with van der Waals surface area (Å²) in [6.45, 7) is 1.36. The fourth-order valence-electron chi connectivity index (χ4n) is 3.20. The van der Waals surface area contributed by atoms with E-state index < -0.39 is 11.8 Å². The van der Waals surface area contributed by atoms with E-state index in [2.05, 4.69) is 25.2 Å². The quantitative estimate of drug-likeness (QED) is 0.846. The number of benzene rings is 1. The number of alkyl halides is 2. The van der Waals surface area contributed by atoms with Crippen LogP contribution >= 0.6 is 12.4 Å². The van der Waals surface area contributed by atoms with Gasteiger partial charge in [-0.25, -0.2) is 0 Å². The average Bonchev–Trinajstić information content (AvgIpc) is 3.21. The number of ether oxygens (including phenoxy) is 2. The molecule has 7 nitrogen and oxygen atoms in total. The Hall–Kier alpha value is -2.39. The Morgan fingerprint density at radius 2 is 1.96 bits per heavy atom. The van der Waals surface area contributed by atoms with Crippen LogP contribution in [0.1, 0.15) is 12.8 Å². The molecule has 2 aromatic rings. The topological polar surface area (TPSA) is 77.4 Å². The van der Waals surface area contributed by atoms with E-state index >= 15 is 0 Å². The van der Waals surface area contributed by atoms with Crippen LogP contribution in [0.15, 0.2) is 36.7 Å². The molecule has 1 saturated heterocycles. The summed E-state index contributed by atoms with van der Waals surface area (Å²) < 4.78 is 36.7. The van der Waals surface area contributed by atoms with Gasteiger partial charge in [0.1, 0.15) is 5.54 Å². The minimum absolute atomic E-state index is 0. The first-order valence-electron chi connectivity index (χ1n) is 7.91. The molecule has 10 heteroatoms. The standard InChI is InChI=1S/C16H16F2N4O3.ClH/c17-16(18)24-12-3-2-11(10-13(12)25-16)21-14(23)15(4-7-19-8-5-15)22-9-1-6-20-22;/h1-3,6,9-10,19H,4-5,7-8H2,(H,21,23);1H. The van der Waals surface area contributed by atoms with E-state index in [4.69, 9.17) is 0 Å². The lowest BCUT2D eigenvalue weighted by atomic mass is 9.87. The Morgan fingerprint density at radius 3 is 2.65 bits per heavy atom. The van der Waals surface area contributed by atoms with Gasteiger partial charge in [0.25, 0.3) is 5.91 Å². The Balaban J connectivity index is 0.00000196. The SMILES string of the molecule is Cl.O=C(Nc1ccc2c(c1)OC(F)(F)O2)C1(n2cccn2)CCNCC1. The number of carbonyl (C=O) groups excluding carboxylic acids is 1. The summed E-state index contributed by atoms with van der Waals surface area (Å²) >= 11 is 0. The van der Waals surface area contributed by atoms with Gasteiger partial charge in [0, 0.05) is 24.1 Å². The van der Waals surface area contributed by atoms with Crippen molar-refractivity contribution in [1.29, 1.82) is 0 Å². The predicted octanol–water partition coefficient (Wildman–Crippen LogP) is 2.34. The molecule has 3 heterocycles. The summed E-state index contributed by atoms with van der Waals surface area (Å²) in [5.41, 5.74) is -0.468. The predicted molar refractivity (Wildman–Crippen MR) is 90.8 cm³/mol. The summed E-state index contributed by atoms with van der Waals surface area (Å²) in [6.07, 6.45) is 0.841. The second kappa shape index (κ2) is 6.73. The molecule has 0 radical (unpaired) electrons. The molecule has 4 rings (SSSR count). The molecule has 1 aromatic carbocycles. The van der Waals surface area contributed by atoms with Crippen molar-refractivity contribution >= 4 is 24.0 Å². The van der Waals surface area contributed by atoms with Crippen molar-refractivity contribution in [2.24, 2.45) is 0 Å². The first-order valence-corrected chi connectivity index (χ1v) is 7.91. The van der Waals surface area contributed by atoms with Crippen LogP contribution in [-0.2, 0) is 10.3 Å². The van der Waals surface area contributed by atoms with Gasteiger partial charge in [0.05, 0.1) is 0 Å². The smallest absolute Gasteiger partial charge is 0.395 e. The Labute approximate surface area is 154 Å². The first-order chi connectivity index (χ1) is 12.0. The van der Waals surface area contributed by atoms with E-state index in [0.29, 0.717) is 31.6 Å². The molecule has 2 N–H and O–H groups in total. The summed E-state index contributed by atoms with van der Waals surface area (Å²) in [5.74, 6) is -0.420. The van der Waals surface area contributed by atoms with E-state index in [1.807, 2.05) is 0 Å². The highest BCUT2D eigenvalue weighted by Gasteiger charge is 2.44. The normalized spacial score (nSPS) is 19.5. The number of carbonyl (C=O) groups is 1. The number of piperidine rings is 1.